The van der Waals surface area contributed by atoms with Crippen molar-refractivity contribution in [3.05, 3.63) is 34.9 Å². The highest BCUT2D eigenvalue weighted by Crippen LogP contribution is 2.20. The maximum atomic E-state index is 12.2. The van der Waals surface area contributed by atoms with E-state index in [1.807, 2.05) is 50.1 Å². The molecule has 1 unspecified atom stereocenters. The maximum Gasteiger partial charge on any atom is 0.239 e. The summed E-state index contributed by atoms with van der Waals surface area (Å²) >= 11 is 5.89. The number of benzene rings is 1. The second-order valence-electron chi connectivity index (χ2n) is 5.74. The van der Waals surface area contributed by atoms with Crippen LogP contribution in [0.5, 0.6) is 0 Å². The molecule has 1 rings (SSSR count). The van der Waals surface area contributed by atoms with Gasteiger partial charge >= 0.3 is 0 Å². The van der Waals surface area contributed by atoms with E-state index in [1.54, 1.807) is 7.05 Å². The number of hydrogen-bond acceptors (Lipinski definition) is 3. The van der Waals surface area contributed by atoms with E-state index >= 15 is 0 Å². The Morgan fingerprint density at radius 2 is 1.78 bits per heavy atom. The van der Waals surface area contributed by atoms with Crippen LogP contribution in [0.3, 0.4) is 0 Å². The van der Waals surface area contributed by atoms with E-state index in [9.17, 15) is 9.59 Å². The van der Waals surface area contributed by atoms with E-state index < -0.39 is 0 Å². The summed E-state index contributed by atoms with van der Waals surface area (Å²) in [5.74, 6) is -0.212. The SMILES string of the molecule is CCCNC(=O)CN(C)C(=O)CN(C)C(C)c1ccc(Cl)cc1. The highest BCUT2D eigenvalue weighted by Gasteiger charge is 2.18. The number of halogens is 1. The second-order valence-corrected chi connectivity index (χ2v) is 6.18. The summed E-state index contributed by atoms with van der Waals surface area (Å²) in [4.78, 5) is 27.3. The Balaban J connectivity index is 2.51. The largest absolute Gasteiger partial charge is 0.355 e. The Morgan fingerprint density at radius 3 is 2.35 bits per heavy atom. The van der Waals surface area contributed by atoms with Crippen molar-refractivity contribution < 1.29 is 9.59 Å². The van der Waals surface area contributed by atoms with Crippen LogP contribution in [0.15, 0.2) is 24.3 Å². The third-order valence-corrected chi connectivity index (χ3v) is 4.03. The Morgan fingerprint density at radius 1 is 1.17 bits per heavy atom. The molecule has 5 nitrogen and oxygen atoms in total. The molecule has 0 aromatic heterocycles. The normalized spacial score (nSPS) is 12.1. The lowest BCUT2D eigenvalue weighted by molar-refractivity contribution is -0.135. The van der Waals surface area contributed by atoms with E-state index in [-0.39, 0.29) is 30.9 Å². The fourth-order valence-electron chi connectivity index (χ4n) is 2.09. The number of likely N-dealkylation sites (N-methyl/N-ethyl adjacent to an activating group) is 2. The van der Waals surface area contributed by atoms with Gasteiger partial charge < -0.3 is 10.2 Å². The van der Waals surface area contributed by atoms with Crippen molar-refractivity contribution in [1.29, 1.82) is 0 Å². The third-order valence-electron chi connectivity index (χ3n) is 3.78. The molecule has 1 N–H and O–H groups in total. The van der Waals surface area contributed by atoms with Gasteiger partial charge in [0, 0.05) is 24.7 Å². The number of rotatable bonds is 8. The second kappa shape index (κ2) is 9.53. The van der Waals surface area contributed by atoms with Crippen molar-refractivity contribution in [3.8, 4) is 0 Å². The van der Waals surface area contributed by atoms with Crippen LogP contribution in [-0.2, 0) is 9.59 Å². The van der Waals surface area contributed by atoms with Crippen LogP contribution in [0.25, 0.3) is 0 Å². The summed E-state index contributed by atoms with van der Waals surface area (Å²) in [6.45, 7) is 4.99. The number of nitrogens with zero attached hydrogens (tertiary/aromatic N) is 2. The Labute approximate surface area is 143 Å². The predicted octanol–water partition coefficient (Wildman–Crippen LogP) is 2.32. The summed E-state index contributed by atoms with van der Waals surface area (Å²) in [6, 6.07) is 7.67. The van der Waals surface area contributed by atoms with Crippen LogP contribution in [0.4, 0.5) is 0 Å². The summed E-state index contributed by atoms with van der Waals surface area (Å²) in [5, 5.41) is 3.46. The summed E-state index contributed by atoms with van der Waals surface area (Å²) in [7, 11) is 3.54. The standard InChI is InChI=1S/C17H26ClN3O2/c1-5-10-19-16(22)11-21(4)17(23)12-20(3)13(2)14-6-8-15(18)9-7-14/h6-9,13H,5,10-12H2,1-4H3,(H,19,22). The Kier molecular flexibility index (Phi) is 8.06. The van der Waals surface area contributed by atoms with E-state index in [4.69, 9.17) is 11.6 Å². The predicted molar refractivity (Wildman–Crippen MR) is 93.4 cm³/mol. The molecular formula is C17H26ClN3O2. The van der Waals surface area contributed by atoms with Crippen molar-refractivity contribution in [2.45, 2.75) is 26.3 Å². The molecule has 1 aromatic carbocycles. The lowest BCUT2D eigenvalue weighted by Gasteiger charge is -2.27. The minimum absolute atomic E-state index is 0.0820. The van der Waals surface area contributed by atoms with Crippen LogP contribution < -0.4 is 5.32 Å². The van der Waals surface area contributed by atoms with Crippen LogP contribution >= 0.6 is 11.6 Å². The molecule has 128 valence electrons. The zero-order valence-corrected chi connectivity index (χ0v) is 15.1. The summed E-state index contributed by atoms with van der Waals surface area (Å²) in [6.07, 6.45) is 0.880. The molecule has 0 aliphatic rings. The van der Waals surface area contributed by atoms with Gasteiger partial charge in [0.1, 0.15) is 0 Å². The van der Waals surface area contributed by atoms with E-state index in [2.05, 4.69) is 5.32 Å². The highest BCUT2D eigenvalue weighted by molar-refractivity contribution is 6.30. The topological polar surface area (TPSA) is 52.7 Å². The first-order chi connectivity index (χ1) is 10.8. The van der Waals surface area contributed by atoms with Crippen LogP contribution in [0.1, 0.15) is 31.9 Å². The molecule has 0 aliphatic heterocycles. The number of carbonyl (C=O) groups is 2. The molecule has 0 aliphatic carbocycles. The zero-order valence-electron chi connectivity index (χ0n) is 14.3. The van der Waals surface area contributed by atoms with Gasteiger partial charge in [-0.2, -0.15) is 0 Å². The summed E-state index contributed by atoms with van der Waals surface area (Å²) in [5.41, 5.74) is 1.09. The minimum Gasteiger partial charge on any atom is -0.355 e. The van der Waals surface area contributed by atoms with Crippen LogP contribution in [0.2, 0.25) is 5.02 Å². The molecular weight excluding hydrogens is 314 g/mol. The first kappa shape index (κ1) is 19.5. The van der Waals surface area contributed by atoms with Gasteiger partial charge in [-0.05, 0) is 38.1 Å². The molecule has 0 bridgehead atoms. The number of carbonyl (C=O) groups excluding carboxylic acids is 2. The van der Waals surface area contributed by atoms with Gasteiger partial charge in [-0.25, -0.2) is 0 Å². The average Bonchev–Trinajstić information content (AvgIpc) is 2.52. The minimum atomic E-state index is -0.129. The molecule has 0 radical (unpaired) electrons. The van der Waals surface area contributed by atoms with Crippen LogP contribution in [0, 0.1) is 0 Å². The third kappa shape index (κ3) is 6.59. The van der Waals surface area contributed by atoms with Gasteiger partial charge in [0.05, 0.1) is 13.1 Å². The quantitative estimate of drug-likeness (QED) is 0.790. The first-order valence-electron chi connectivity index (χ1n) is 7.81. The van der Waals surface area contributed by atoms with Crippen molar-refractivity contribution >= 4 is 23.4 Å². The van der Waals surface area contributed by atoms with Crippen molar-refractivity contribution in [2.75, 3.05) is 33.7 Å². The molecule has 0 saturated heterocycles. The molecule has 6 heteroatoms. The number of amides is 2. The summed E-state index contributed by atoms with van der Waals surface area (Å²) < 4.78 is 0. The fourth-order valence-corrected chi connectivity index (χ4v) is 2.22. The van der Waals surface area contributed by atoms with Gasteiger partial charge in [0.25, 0.3) is 0 Å². The number of nitrogens with one attached hydrogen (secondary N) is 1. The molecule has 0 fully saturated rings. The Bertz CT molecular complexity index is 519. The molecule has 0 spiro atoms. The maximum absolute atomic E-state index is 12.2. The lowest BCUT2D eigenvalue weighted by atomic mass is 10.1. The fraction of sp³-hybridized carbons (Fsp3) is 0.529. The highest BCUT2D eigenvalue weighted by atomic mass is 35.5. The van der Waals surface area contributed by atoms with Crippen molar-refractivity contribution in [2.24, 2.45) is 0 Å². The number of hydrogen-bond donors (Lipinski definition) is 1. The van der Waals surface area contributed by atoms with Crippen molar-refractivity contribution in [3.63, 3.8) is 0 Å². The molecule has 1 aromatic rings. The molecule has 1 atom stereocenters. The van der Waals surface area contributed by atoms with Crippen molar-refractivity contribution in [1.82, 2.24) is 15.1 Å². The molecule has 0 saturated carbocycles. The Hall–Kier alpha value is -1.59. The lowest BCUT2D eigenvalue weighted by Crippen LogP contribution is -2.43. The van der Waals surface area contributed by atoms with E-state index in [1.165, 1.54) is 4.90 Å². The molecule has 23 heavy (non-hydrogen) atoms. The van der Waals surface area contributed by atoms with Gasteiger partial charge in [0.2, 0.25) is 11.8 Å². The van der Waals surface area contributed by atoms with Gasteiger partial charge in [-0.3, -0.25) is 14.5 Å². The van der Waals surface area contributed by atoms with E-state index in [0.717, 1.165) is 12.0 Å². The van der Waals surface area contributed by atoms with E-state index in [0.29, 0.717) is 11.6 Å². The monoisotopic (exact) mass is 339 g/mol. The van der Waals surface area contributed by atoms with Gasteiger partial charge in [0.15, 0.2) is 0 Å². The average molecular weight is 340 g/mol. The molecule has 0 heterocycles. The van der Waals surface area contributed by atoms with Gasteiger partial charge in [-0.15, -0.1) is 0 Å². The first-order valence-corrected chi connectivity index (χ1v) is 8.19. The molecule has 2 amide bonds. The zero-order chi connectivity index (χ0) is 17.4. The smallest absolute Gasteiger partial charge is 0.239 e. The van der Waals surface area contributed by atoms with Crippen LogP contribution in [-0.4, -0.2) is 55.3 Å². The van der Waals surface area contributed by atoms with Gasteiger partial charge in [-0.1, -0.05) is 30.7 Å².